The van der Waals surface area contributed by atoms with Crippen LogP contribution >= 0.6 is 0 Å². The highest BCUT2D eigenvalue weighted by molar-refractivity contribution is 5.21. The number of alkyl halides is 2. The highest BCUT2D eigenvalue weighted by Crippen LogP contribution is 2.42. The van der Waals surface area contributed by atoms with Gasteiger partial charge in [0.25, 0.3) is 6.43 Å². The van der Waals surface area contributed by atoms with E-state index < -0.39 is 6.43 Å². The molecule has 0 aliphatic carbocycles. The van der Waals surface area contributed by atoms with Crippen LogP contribution in [0, 0.1) is 0 Å². The van der Waals surface area contributed by atoms with Crippen molar-refractivity contribution in [3.63, 3.8) is 0 Å². The van der Waals surface area contributed by atoms with Gasteiger partial charge in [-0.2, -0.15) is 0 Å². The lowest BCUT2D eigenvalue weighted by Gasteiger charge is -2.35. The van der Waals surface area contributed by atoms with Crippen LogP contribution in [0.15, 0.2) is 18.3 Å². The summed E-state index contributed by atoms with van der Waals surface area (Å²) in [5.41, 5.74) is 0.0866. The Bertz CT molecular complexity index is 556. The van der Waals surface area contributed by atoms with Gasteiger partial charge in [0.1, 0.15) is 6.61 Å². The molecule has 0 radical (unpaired) electrons. The van der Waals surface area contributed by atoms with E-state index in [1.807, 2.05) is 0 Å². The van der Waals surface area contributed by atoms with Gasteiger partial charge in [-0.1, -0.05) is 0 Å². The van der Waals surface area contributed by atoms with Crippen molar-refractivity contribution < 1.29 is 18.3 Å². The number of fused-ring (bicyclic) bond motifs is 1. The average molecular weight is 340 g/mol. The Morgan fingerprint density at radius 1 is 1.38 bits per heavy atom. The minimum atomic E-state index is -2.50. The van der Waals surface area contributed by atoms with E-state index >= 15 is 0 Å². The molecule has 0 saturated carbocycles. The Kier molecular flexibility index (Phi) is 5.35. The second-order valence-electron chi connectivity index (χ2n) is 7.11. The van der Waals surface area contributed by atoms with E-state index in [4.69, 9.17) is 9.47 Å². The van der Waals surface area contributed by atoms with Crippen LogP contribution in [-0.2, 0) is 4.74 Å². The molecular weight excluding hydrogens is 314 g/mol. The first kappa shape index (κ1) is 17.5. The fraction of sp³-hybridized carbons (Fsp3) is 0.722. The number of rotatable bonds is 7. The summed E-state index contributed by atoms with van der Waals surface area (Å²) in [7, 11) is 0. The molecule has 0 N–H and O–H groups in total. The van der Waals surface area contributed by atoms with Crippen molar-refractivity contribution in [3.8, 4) is 5.88 Å². The first-order chi connectivity index (χ1) is 11.5. The molecule has 0 amide bonds. The van der Waals surface area contributed by atoms with Crippen LogP contribution in [0.5, 0.6) is 5.88 Å². The zero-order valence-electron chi connectivity index (χ0n) is 14.4. The first-order valence-electron chi connectivity index (χ1n) is 8.75. The lowest BCUT2D eigenvalue weighted by Crippen LogP contribution is -2.47. The van der Waals surface area contributed by atoms with Gasteiger partial charge in [-0.15, -0.1) is 0 Å². The number of aromatic nitrogens is 1. The summed E-state index contributed by atoms with van der Waals surface area (Å²) in [6, 6.07) is 2.96. The van der Waals surface area contributed by atoms with Crippen LogP contribution in [-0.4, -0.2) is 47.3 Å². The van der Waals surface area contributed by atoms with Crippen LogP contribution in [0.25, 0.3) is 0 Å². The molecule has 3 rings (SSSR count). The number of hydrogen-bond donors (Lipinski definition) is 0. The minimum Gasteiger partial charge on any atom is -0.476 e. The fourth-order valence-corrected chi connectivity index (χ4v) is 3.93. The molecule has 2 atom stereocenters. The molecule has 4 nitrogen and oxygen atoms in total. The fourth-order valence-electron chi connectivity index (χ4n) is 3.93. The normalized spacial score (nSPS) is 27.2. The number of ether oxygens (including phenoxy) is 2. The first-order valence-corrected chi connectivity index (χ1v) is 8.75. The number of nitrogens with zero attached hydrogens (tertiary/aromatic N) is 2. The quantitative estimate of drug-likeness (QED) is 0.756. The van der Waals surface area contributed by atoms with Gasteiger partial charge in [0.2, 0.25) is 5.88 Å². The van der Waals surface area contributed by atoms with Gasteiger partial charge in [0.15, 0.2) is 0 Å². The van der Waals surface area contributed by atoms with E-state index in [1.54, 1.807) is 0 Å². The van der Waals surface area contributed by atoms with Gasteiger partial charge in [0.05, 0.1) is 12.7 Å². The van der Waals surface area contributed by atoms with Crippen molar-refractivity contribution in [2.24, 2.45) is 0 Å². The van der Waals surface area contributed by atoms with E-state index in [-0.39, 0.29) is 23.1 Å². The Morgan fingerprint density at radius 2 is 2.21 bits per heavy atom. The maximum Gasteiger partial charge on any atom is 0.264 e. The van der Waals surface area contributed by atoms with Crippen LogP contribution in [0.2, 0.25) is 0 Å². The number of hydrogen-bond acceptors (Lipinski definition) is 4. The van der Waals surface area contributed by atoms with Crippen LogP contribution in [0.4, 0.5) is 8.78 Å². The third-order valence-corrected chi connectivity index (χ3v) is 5.15. The highest BCUT2D eigenvalue weighted by atomic mass is 19.3. The van der Waals surface area contributed by atoms with Crippen molar-refractivity contribution in [3.05, 3.63) is 23.9 Å². The van der Waals surface area contributed by atoms with Crippen LogP contribution in [0.3, 0.4) is 0 Å². The Labute approximate surface area is 142 Å². The molecule has 24 heavy (non-hydrogen) atoms. The Morgan fingerprint density at radius 3 is 2.96 bits per heavy atom. The van der Waals surface area contributed by atoms with Crippen LogP contribution < -0.4 is 4.74 Å². The van der Waals surface area contributed by atoms with Gasteiger partial charge in [-0.05, 0) is 52.1 Å². The Hall–Kier alpha value is -1.27. The van der Waals surface area contributed by atoms with Gasteiger partial charge in [0, 0.05) is 29.4 Å². The maximum absolute atomic E-state index is 12.8. The molecule has 134 valence electrons. The molecule has 0 unspecified atom stereocenters. The van der Waals surface area contributed by atoms with Crippen molar-refractivity contribution in [1.82, 2.24) is 9.88 Å². The van der Waals surface area contributed by atoms with Gasteiger partial charge in [-0.3, -0.25) is 4.90 Å². The van der Waals surface area contributed by atoms with E-state index in [2.05, 4.69) is 23.7 Å². The van der Waals surface area contributed by atoms with Crippen molar-refractivity contribution in [2.75, 3.05) is 19.8 Å². The topological polar surface area (TPSA) is 34.6 Å². The maximum atomic E-state index is 12.8. The van der Waals surface area contributed by atoms with E-state index in [0.717, 1.165) is 32.4 Å². The number of halogens is 2. The predicted octanol–water partition coefficient (Wildman–Crippen LogP) is 3.82. The number of pyridine rings is 1. The summed E-state index contributed by atoms with van der Waals surface area (Å²) in [4.78, 5) is 6.55. The zero-order valence-corrected chi connectivity index (χ0v) is 14.4. The smallest absolute Gasteiger partial charge is 0.264 e. The zero-order chi connectivity index (χ0) is 17.2. The largest absolute Gasteiger partial charge is 0.476 e. The molecule has 1 aromatic heterocycles. The van der Waals surface area contributed by atoms with Gasteiger partial charge >= 0.3 is 0 Å². The molecule has 0 spiro atoms. The van der Waals surface area contributed by atoms with Gasteiger partial charge < -0.3 is 9.47 Å². The third-order valence-electron chi connectivity index (χ3n) is 5.15. The summed E-state index contributed by atoms with van der Waals surface area (Å²) in [6.07, 6.45) is 3.61. The summed E-state index contributed by atoms with van der Waals surface area (Å²) >= 11 is 0. The van der Waals surface area contributed by atoms with E-state index in [0.29, 0.717) is 12.6 Å². The standard InChI is InChI=1S/C18H26F2N2O2/c1-13(2)24-12-18-6-3-9-22(18)15(4-7-18)11-23-16-10-14(17(19)20)5-8-21-16/h5,8,10,13,15,17H,3-4,6-7,9,11-12H2,1-2H3/t15-,18-/m0/s1. The molecule has 0 bridgehead atoms. The summed E-state index contributed by atoms with van der Waals surface area (Å²) < 4.78 is 37.2. The molecule has 2 aliphatic heterocycles. The lowest BCUT2D eigenvalue weighted by molar-refractivity contribution is -0.00912. The van der Waals surface area contributed by atoms with Crippen molar-refractivity contribution >= 4 is 0 Å². The van der Waals surface area contributed by atoms with Crippen LogP contribution in [0.1, 0.15) is 51.5 Å². The SMILES string of the molecule is CC(C)OC[C@@]12CCCN1[C@H](COc1cc(C(F)F)ccn1)CC2. The minimum absolute atomic E-state index is 0.0488. The monoisotopic (exact) mass is 340 g/mol. The van der Waals surface area contributed by atoms with E-state index in [9.17, 15) is 8.78 Å². The average Bonchev–Trinajstić information content (AvgIpc) is 3.11. The molecule has 2 fully saturated rings. The predicted molar refractivity (Wildman–Crippen MR) is 87.5 cm³/mol. The molecular formula is C18H26F2N2O2. The third kappa shape index (κ3) is 3.70. The molecule has 0 aromatic carbocycles. The molecule has 2 saturated heterocycles. The molecule has 3 heterocycles. The van der Waals surface area contributed by atoms with E-state index in [1.165, 1.54) is 24.8 Å². The molecule has 6 heteroatoms. The summed E-state index contributed by atoms with van der Waals surface area (Å²) in [5, 5.41) is 0. The lowest BCUT2D eigenvalue weighted by atomic mass is 9.95. The summed E-state index contributed by atoms with van der Waals surface area (Å²) in [5.74, 6) is 0.280. The second kappa shape index (κ2) is 7.31. The van der Waals surface area contributed by atoms with Crippen molar-refractivity contribution in [1.29, 1.82) is 0 Å². The molecule has 1 aromatic rings. The summed E-state index contributed by atoms with van der Waals surface area (Å²) in [6.45, 7) is 6.43. The highest BCUT2D eigenvalue weighted by Gasteiger charge is 2.49. The molecule has 2 aliphatic rings. The van der Waals surface area contributed by atoms with Crippen molar-refractivity contribution in [2.45, 2.75) is 63.6 Å². The second-order valence-corrected chi connectivity index (χ2v) is 7.11. The van der Waals surface area contributed by atoms with Gasteiger partial charge in [-0.25, -0.2) is 13.8 Å². The Balaban J connectivity index is 1.59.